The molecule has 3 aliphatic rings. The molecule has 0 saturated carbocycles. The number of halogens is 1. The van der Waals surface area contributed by atoms with Crippen molar-refractivity contribution in [3.63, 3.8) is 0 Å². The first-order valence-electron chi connectivity index (χ1n) is 22.2. The third-order valence-electron chi connectivity index (χ3n) is 13.1. The van der Waals surface area contributed by atoms with Crippen molar-refractivity contribution in [2.75, 3.05) is 40.6 Å². The molecular formula is C44H71FN8O10S. The van der Waals surface area contributed by atoms with Crippen LogP contribution in [0.25, 0.3) is 11.4 Å². The Balaban J connectivity index is 0.00000291. The number of likely N-dealkylation sites (N-methyl/N-ethyl adjacent to an activating group) is 1. The van der Waals surface area contributed by atoms with Crippen molar-refractivity contribution in [1.82, 2.24) is 39.9 Å². The number of amides is 2. The Bertz CT molecular complexity index is 1850. The number of methoxy groups -OCH3 is 1. The van der Waals surface area contributed by atoms with Gasteiger partial charge in [-0.3, -0.25) is 24.0 Å². The number of hydrogen-bond donors (Lipinski definition) is 1. The number of hydrogen-bond acceptors (Lipinski definition) is 16. The molecule has 0 bridgehead atoms. The molecule has 2 unspecified atom stereocenters. The summed E-state index contributed by atoms with van der Waals surface area (Å²) >= 11 is 0.250. The molecule has 3 saturated heterocycles. The number of carbonyl (C=O) groups is 4. The van der Waals surface area contributed by atoms with Crippen molar-refractivity contribution >= 4 is 35.9 Å². The Labute approximate surface area is 381 Å². The van der Waals surface area contributed by atoms with Gasteiger partial charge in [-0.1, -0.05) is 26.0 Å². The van der Waals surface area contributed by atoms with Crippen molar-refractivity contribution in [2.24, 2.45) is 17.8 Å². The summed E-state index contributed by atoms with van der Waals surface area (Å²) in [5.41, 5.74) is -1.36. The summed E-state index contributed by atoms with van der Waals surface area (Å²) in [4.78, 5) is 61.6. The van der Waals surface area contributed by atoms with E-state index in [1.54, 1.807) is 52.9 Å². The number of aryl methyl sites for hydroxylation is 1. The monoisotopic (exact) mass is 922 g/mol. The van der Waals surface area contributed by atoms with Gasteiger partial charge in [0.1, 0.15) is 29.5 Å². The maximum absolute atomic E-state index is 14.5. The van der Waals surface area contributed by atoms with Crippen LogP contribution in [-0.2, 0) is 44.6 Å². The summed E-state index contributed by atoms with van der Waals surface area (Å²) in [6.07, 6.45) is 2.18. The molecule has 0 radical (unpaired) electrons. The van der Waals surface area contributed by atoms with E-state index in [1.807, 2.05) is 53.6 Å². The van der Waals surface area contributed by atoms with Gasteiger partial charge in [0, 0.05) is 70.2 Å². The van der Waals surface area contributed by atoms with Crippen LogP contribution in [0.4, 0.5) is 8.68 Å². The number of Topliss-reactive ketones (excluding diaryl/α,β-unsaturated/α-hetero) is 1. The third kappa shape index (κ3) is 12.1. The van der Waals surface area contributed by atoms with Crippen molar-refractivity contribution in [3.05, 3.63) is 24.5 Å². The van der Waals surface area contributed by atoms with Crippen molar-refractivity contribution in [2.45, 2.75) is 161 Å². The molecule has 5 heterocycles. The second kappa shape index (κ2) is 23.1. The fourth-order valence-corrected chi connectivity index (χ4v) is 9.73. The second-order valence-electron chi connectivity index (χ2n) is 18.1. The minimum absolute atomic E-state index is 0.216. The molecule has 2 amide bonds. The predicted molar refractivity (Wildman–Crippen MR) is 237 cm³/mol. The topological polar surface area (TPSA) is 201 Å². The van der Waals surface area contributed by atoms with Gasteiger partial charge in [0.25, 0.3) is 0 Å². The molecule has 2 aromatic rings. The van der Waals surface area contributed by atoms with Crippen molar-refractivity contribution < 1.29 is 51.9 Å². The first-order chi connectivity index (χ1) is 30.2. The molecular weight excluding hydrogens is 852 g/mol. The lowest BCUT2D eigenvalue weighted by Crippen LogP contribution is -2.62. The lowest BCUT2D eigenvalue weighted by Gasteiger charge is -2.47. The number of aromatic nitrogens is 5. The summed E-state index contributed by atoms with van der Waals surface area (Å²) in [5.74, 6) is -3.84. The number of nitrogens with zero attached hydrogens (tertiary/aromatic N) is 8. The van der Waals surface area contributed by atoms with Gasteiger partial charge in [0.2, 0.25) is 5.91 Å². The standard InChI is InChI=1S/C43H68N8O10.CH3FS/c1-13-34-43(9)37(50(41(56)61-43)20-15-14-19-49-24-32(46-47-49)31-17-16-18-44-45-31)29(6)51(30(7)52)23-25(2)22-42(8,57-12)38(27(4)35(53)28(5)39(55)59-34)60-40-36(54)33(48(10)11)21-26(3)58-40;1-3-2/h16-18,24-29,33-34,36-38,40,54H,13-15,19-23H2,1-12H3;1H3/t25-,26-,27+,28-,29-,33?,34-,36?,37-,38-,40+,42-,43-;/m1./s1. The zero-order valence-corrected chi connectivity index (χ0v) is 40.6. The number of ketones is 1. The van der Waals surface area contributed by atoms with E-state index in [0.717, 1.165) is 0 Å². The molecule has 3 aliphatic heterocycles. The Hall–Kier alpha value is -3.82. The zero-order chi connectivity index (χ0) is 47.7. The fourth-order valence-electron chi connectivity index (χ4n) is 9.73. The highest BCUT2D eigenvalue weighted by Crippen LogP contribution is 2.41. The van der Waals surface area contributed by atoms with Crippen LogP contribution in [-0.4, -0.2) is 169 Å². The molecule has 3 fully saturated rings. The maximum Gasteiger partial charge on any atom is 0.410 e. The highest BCUT2D eigenvalue weighted by molar-refractivity contribution is 7.93. The van der Waals surface area contributed by atoms with Gasteiger partial charge in [-0.2, -0.15) is 8.98 Å². The van der Waals surface area contributed by atoms with Crippen molar-refractivity contribution in [1.29, 1.82) is 0 Å². The Morgan fingerprint density at radius 2 is 1.75 bits per heavy atom. The van der Waals surface area contributed by atoms with Crippen LogP contribution < -0.4 is 0 Å². The Morgan fingerprint density at radius 1 is 1.08 bits per heavy atom. The Kier molecular flexibility index (Phi) is 19.0. The fraction of sp³-hybridized carbons (Fsp3) is 0.773. The number of aliphatic hydroxyl groups excluding tert-OH is 1. The van der Waals surface area contributed by atoms with Gasteiger partial charge < -0.3 is 38.6 Å². The predicted octanol–water partition coefficient (Wildman–Crippen LogP) is 4.98. The first-order valence-corrected chi connectivity index (χ1v) is 23.3. The van der Waals surface area contributed by atoms with Crippen molar-refractivity contribution in [3.8, 4) is 11.4 Å². The van der Waals surface area contributed by atoms with Crippen LogP contribution in [0.1, 0.15) is 94.4 Å². The molecule has 18 nitrogen and oxygen atoms in total. The number of cyclic esters (lactones) is 1. The average molecular weight is 923 g/mol. The summed E-state index contributed by atoms with van der Waals surface area (Å²) in [5, 5.41) is 28.0. The molecule has 1 N–H and O–H groups in total. The number of unbranched alkanes of at least 4 members (excludes halogenated alkanes) is 1. The number of aliphatic hydroxyl groups is 1. The lowest BCUT2D eigenvalue weighted by molar-refractivity contribution is -0.295. The number of carbonyl (C=O) groups excluding carboxylic acids is 4. The quantitative estimate of drug-likeness (QED) is 0.179. The van der Waals surface area contributed by atoms with Crippen LogP contribution in [0.2, 0.25) is 0 Å². The van der Waals surface area contributed by atoms with Crippen LogP contribution in [0, 0.1) is 17.8 Å². The van der Waals surface area contributed by atoms with Crippen LogP contribution in [0.15, 0.2) is 24.5 Å². The molecule has 0 spiro atoms. The minimum Gasteiger partial charge on any atom is -0.458 e. The highest BCUT2D eigenvalue weighted by Gasteiger charge is 2.60. The maximum atomic E-state index is 14.5. The molecule has 0 aliphatic carbocycles. The van der Waals surface area contributed by atoms with Gasteiger partial charge in [-0.25, -0.2) is 4.79 Å². The van der Waals surface area contributed by atoms with E-state index in [1.165, 1.54) is 27.2 Å². The van der Waals surface area contributed by atoms with Gasteiger partial charge >= 0.3 is 12.1 Å². The number of fused-ring (bicyclic) bond motifs is 1. The zero-order valence-electron chi connectivity index (χ0n) is 39.8. The van der Waals surface area contributed by atoms with Crippen LogP contribution in [0.5, 0.6) is 0 Å². The van der Waals surface area contributed by atoms with E-state index in [-0.39, 0.29) is 55.6 Å². The SMILES string of the molecule is CC[C@H]1OC(=O)[C@H](C)C(=O)[C@H](C)[C@@H](O[C@@H]2O[C@H](C)CC(N(C)C)C2O)[C@](C)(OC)C[C@@H](C)CN(C(C)=O)[C@H](C)[C@H]2N(CCCCn3cc(-c4cccnn4)nn3)C(=O)O[C@]12C.CSF. The van der Waals surface area contributed by atoms with Gasteiger partial charge in [-0.05, 0) is 98.9 Å². The average Bonchev–Trinajstić information content (AvgIpc) is 3.83. The van der Waals surface area contributed by atoms with Gasteiger partial charge in [0.15, 0.2) is 17.7 Å². The largest absolute Gasteiger partial charge is 0.458 e. The van der Waals surface area contributed by atoms with E-state index in [2.05, 4.69) is 20.5 Å². The first kappa shape index (κ1) is 52.8. The summed E-state index contributed by atoms with van der Waals surface area (Å²) < 4.78 is 43.5. The third-order valence-corrected chi connectivity index (χ3v) is 13.1. The van der Waals surface area contributed by atoms with E-state index in [9.17, 15) is 28.2 Å². The number of rotatable bonds is 11. The van der Waals surface area contributed by atoms with E-state index >= 15 is 0 Å². The summed E-state index contributed by atoms with van der Waals surface area (Å²) in [7, 11) is 5.30. The number of esters is 1. The van der Waals surface area contributed by atoms with Crippen LogP contribution in [0.3, 0.4) is 0 Å². The second-order valence-corrected chi connectivity index (χ2v) is 18.4. The van der Waals surface area contributed by atoms with E-state index in [4.69, 9.17) is 23.7 Å². The van der Waals surface area contributed by atoms with E-state index < -0.39 is 77.6 Å². The molecule has 360 valence electrons. The minimum atomic E-state index is -1.40. The molecule has 20 heteroatoms. The highest BCUT2D eigenvalue weighted by atomic mass is 32.2. The number of ether oxygens (including phenoxy) is 5. The Morgan fingerprint density at radius 3 is 2.34 bits per heavy atom. The molecule has 64 heavy (non-hydrogen) atoms. The lowest BCUT2D eigenvalue weighted by atomic mass is 9.78. The molecule has 5 rings (SSSR count). The van der Waals surface area contributed by atoms with Gasteiger partial charge in [-0.15, -0.1) is 10.2 Å². The summed E-state index contributed by atoms with van der Waals surface area (Å²) in [6.45, 7) is 17.0. The smallest absolute Gasteiger partial charge is 0.410 e. The molecule has 0 aromatic carbocycles. The van der Waals surface area contributed by atoms with E-state index in [0.29, 0.717) is 43.6 Å². The molecule has 13 atom stereocenters. The molecule has 2 aromatic heterocycles. The normalized spacial score (nSPS) is 34.2. The van der Waals surface area contributed by atoms with Crippen LogP contribution >= 0.6 is 12.1 Å². The summed E-state index contributed by atoms with van der Waals surface area (Å²) in [6, 6.07) is 1.97. The van der Waals surface area contributed by atoms with Gasteiger partial charge in [0.05, 0.1) is 36.1 Å².